The first-order valence-electron chi connectivity index (χ1n) is 2.97. The fourth-order valence-electron chi connectivity index (χ4n) is 0.354. The Balaban J connectivity index is 3.19. The van der Waals surface area contributed by atoms with Crippen molar-refractivity contribution in [2.75, 3.05) is 6.61 Å². The molecular weight excluding hydrogens is 132 g/mol. The summed E-state index contributed by atoms with van der Waals surface area (Å²) < 4.78 is 4.54. The molecule has 1 unspecified atom stereocenters. The lowest BCUT2D eigenvalue weighted by atomic mass is 10.3. The van der Waals surface area contributed by atoms with Gasteiger partial charge in [0.15, 0.2) is 0 Å². The maximum atomic E-state index is 10.4. The molecule has 0 saturated heterocycles. The van der Waals surface area contributed by atoms with Gasteiger partial charge in [0.2, 0.25) is 0 Å². The topological polar surface area (TPSA) is 46.5 Å². The summed E-state index contributed by atoms with van der Waals surface area (Å²) in [6.45, 7) is 6.70. The van der Waals surface area contributed by atoms with E-state index >= 15 is 0 Å². The summed E-state index contributed by atoms with van der Waals surface area (Å²) in [6, 6.07) is 0. The van der Waals surface area contributed by atoms with Crippen LogP contribution in [0.2, 0.25) is 0 Å². The molecule has 0 aliphatic carbocycles. The number of hydrogen-bond donors (Lipinski definition) is 1. The van der Waals surface area contributed by atoms with E-state index in [2.05, 4.69) is 18.2 Å². The van der Waals surface area contributed by atoms with Crippen molar-refractivity contribution in [2.45, 2.75) is 12.5 Å². The lowest BCUT2D eigenvalue weighted by molar-refractivity contribution is -0.138. The van der Waals surface area contributed by atoms with E-state index in [1.807, 2.05) is 0 Å². The second kappa shape index (κ2) is 4.99. The van der Waals surface area contributed by atoms with E-state index < -0.39 is 12.1 Å². The van der Waals surface area contributed by atoms with Gasteiger partial charge in [0.05, 0.1) is 12.7 Å². The molecule has 1 N–H and O–H groups in total. The van der Waals surface area contributed by atoms with E-state index in [0.717, 1.165) is 6.08 Å². The summed E-state index contributed by atoms with van der Waals surface area (Å²) in [5.74, 6) is -0.472. The third-order valence-corrected chi connectivity index (χ3v) is 0.862. The van der Waals surface area contributed by atoms with Gasteiger partial charge in [-0.2, -0.15) is 0 Å². The predicted octanol–water partition coefficient (Wildman–Crippen LogP) is 0.301. The Kier molecular flexibility index (Phi) is 4.58. The number of hydrogen-bond acceptors (Lipinski definition) is 3. The second-order valence-electron chi connectivity index (χ2n) is 1.81. The van der Waals surface area contributed by atoms with Crippen LogP contribution in [-0.2, 0) is 9.53 Å². The summed E-state index contributed by atoms with van der Waals surface area (Å²) in [5.41, 5.74) is 0. The van der Waals surface area contributed by atoms with Crippen molar-refractivity contribution in [1.29, 1.82) is 0 Å². The van der Waals surface area contributed by atoms with Crippen LogP contribution in [0.4, 0.5) is 0 Å². The maximum Gasteiger partial charge on any atom is 0.330 e. The predicted molar refractivity (Wildman–Crippen MR) is 37.1 cm³/mol. The molecule has 0 rings (SSSR count). The van der Waals surface area contributed by atoms with Crippen LogP contribution in [0, 0.1) is 6.92 Å². The Labute approximate surface area is 60.3 Å². The molecule has 0 aromatic rings. The van der Waals surface area contributed by atoms with Crippen LogP contribution in [0.25, 0.3) is 0 Å². The second-order valence-corrected chi connectivity index (χ2v) is 1.81. The van der Waals surface area contributed by atoms with Crippen molar-refractivity contribution in [1.82, 2.24) is 0 Å². The largest absolute Gasteiger partial charge is 0.462 e. The zero-order valence-electron chi connectivity index (χ0n) is 5.75. The number of aliphatic hydroxyl groups excluding tert-OH is 1. The zero-order valence-corrected chi connectivity index (χ0v) is 5.75. The normalized spacial score (nSPS) is 12.2. The molecule has 0 aliphatic rings. The lowest BCUT2D eigenvalue weighted by Crippen LogP contribution is -2.08. The molecule has 1 atom stereocenters. The van der Waals surface area contributed by atoms with Crippen molar-refractivity contribution in [2.24, 2.45) is 0 Å². The summed E-state index contributed by atoms with van der Waals surface area (Å²) >= 11 is 0. The highest BCUT2D eigenvalue weighted by Crippen LogP contribution is 1.89. The van der Waals surface area contributed by atoms with Gasteiger partial charge in [0.1, 0.15) is 0 Å². The van der Waals surface area contributed by atoms with Gasteiger partial charge in [-0.25, -0.2) is 4.79 Å². The van der Waals surface area contributed by atoms with Crippen LogP contribution >= 0.6 is 0 Å². The third kappa shape index (κ3) is 5.31. The molecule has 0 fully saturated rings. The Bertz CT molecular complexity index is 118. The monoisotopic (exact) mass is 143 g/mol. The van der Waals surface area contributed by atoms with Gasteiger partial charge >= 0.3 is 5.97 Å². The number of rotatable bonds is 4. The van der Waals surface area contributed by atoms with Gasteiger partial charge in [0, 0.05) is 12.5 Å². The average Bonchev–Trinajstić information content (AvgIpc) is 1.87. The lowest BCUT2D eigenvalue weighted by Gasteiger charge is -2.02. The summed E-state index contributed by atoms with van der Waals surface area (Å²) in [6.07, 6.45) is 0.771. The third-order valence-electron chi connectivity index (χ3n) is 0.862. The number of esters is 1. The van der Waals surface area contributed by atoms with Gasteiger partial charge in [0.25, 0.3) is 0 Å². The Morgan fingerprint density at radius 1 is 1.80 bits per heavy atom. The zero-order chi connectivity index (χ0) is 7.98. The minimum absolute atomic E-state index is 0.190. The number of aliphatic hydroxyl groups is 1. The number of ether oxygens (including phenoxy) is 1. The molecule has 0 amide bonds. The molecule has 0 aromatic carbocycles. The van der Waals surface area contributed by atoms with E-state index in [1.54, 1.807) is 0 Å². The van der Waals surface area contributed by atoms with Crippen LogP contribution < -0.4 is 0 Å². The van der Waals surface area contributed by atoms with Gasteiger partial charge in [-0.15, -0.1) is 0 Å². The number of carbonyl (C=O) groups is 1. The summed E-state index contributed by atoms with van der Waals surface area (Å²) in [5, 5.41) is 8.61. The molecule has 0 heterocycles. The first-order valence-corrected chi connectivity index (χ1v) is 2.97. The van der Waals surface area contributed by atoms with Crippen LogP contribution in [0.15, 0.2) is 12.7 Å². The van der Waals surface area contributed by atoms with E-state index in [4.69, 9.17) is 5.11 Å². The first kappa shape index (κ1) is 9.17. The van der Waals surface area contributed by atoms with Crippen molar-refractivity contribution in [3.63, 3.8) is 0 Å². The van der Waals surface area contributed by atoms with Crippen LogP contribution in [0.1, 0.15) is 6.42 Å². The molecule has 57 valence electrons. The maximum absolute atomic E-state index is 10.4. The molecule has 0 saturated carbocycles. The molecule has 0 aromatic heterocycles. The van der Waals surface area contributed by atoms with E-state index in [-0.39, 0.29) is 6.61 Å². The molecule has 0 bridgehead atoms. The van der Waals surface area contributed by atoms with Crippen molar-refractivity contribution >= 4 is 5.97 Å². The fraction of sp³-hybridized carbons (Fsp3) is 0.429. The van der Waals surface area contributed by atoms with Gasteiger partial charge in [-0.05, 0) is 6.92 Å². The Morgan fingerprint density at radius 3 is 2.80 bits per heavy atom. The molecular formula is C7H11O3. The SMILES string of the molecule is [CH2]C(O)CCOC(=O)C=C. The fourth-order valence-corrected chi connectivity index (χ4v) is 0.354. The molecule has 0 aliphatic heterocycles. The van der Waals surface area contributed by atoms with E-state index in [1.165, 1.54) is 0 Å². The van der Waals surface area contributed by atoms with Crippen LogP contribution in [0.5, 0.6) is 0 Å². The van der Waals surface area contributed by atoms with Crippen molar-refractivity contribution in [3.05, 3.63) is 19.6 Å². The average molecular weight is 143 g/mol. The summed E-state index contributed by atoms with van der Waals surface area (Å²) in [4.78, 5) is 10.4. The molecule has 0 spiro atoms. The minimum atomic E-state index is -0.669. The van der Waals surface area contributed by atoms with E-state index in [0.29, 0.717) is 6.42 Å². The standard InChI is InChI=1S/C7H11O3/c1-3-7(9)10-5-4-6(2)8/h3,6,8H,1-2,4-5H2. The Morgan fingerprint density at radius 2 is 2.40 bits per heavy atom. The molecule has 3 nitrogen and oxygen atoms in total. The highest BCUT2D eigenvalue weighted by Gasteiger charge is 1.97. The molecule has 1 radical (unpaired) electrons. The Hall–Kier alpha value is -0.830. The molecule has 3 heteroatoms. The highest BCUT2D eigenvalue weighted by atomic mass is 16.5. The van der Waals surface area contributed by atoms with Crippen molar-refractivity contribution in [3.8, 4) is 0 Å². The minimum Gasteiger partial charge on any atom is -0.462 e. The molecule has 10 heavy (non-hydrogen) atoms. The summed E-state index contributed by atoms with van der Waals surface area (Å²) in [7, 11) is 0. The van der Waals surface area contributed by atoms with Crippen molar-refractivity contribution < 1.29 is 14.6 Å². The van der Waals surface area contributed by atoms with Crippen LogP contribution in [-0.4, -0.2) is 23.8 Å². The smallest absolute Gasteiger partial charge is 0.330 e. The van der Waals surface area contributed by atoms with Gasteiger partial charge in [-0.1, -0.05) is 6.58 Å². The van der Waals surface area contributed by atoms with Crippen LogP contribution in [0.3, 0.4) is 0 Å². The quantitative estimate of drug-likeness (QED) is 0.455. The first-order chi connectivity index (χ1) is 4.66. The van der Waals surface area contributed by atoms with Gasteiger partial charge in [-0.3, -0.25) is 0 Å². The number of carbonyl (C=O) groups excluding carboxylic acids is 1. The van der Waals surface area contributed by atoms with Gasteiger partial charge < -0.3 is 9.84 Å². The highest BCUT2D eigenvalue weighted by molar-refractivity contribution is 5.81. The van der Waals surface area contributed by atoms with E-state index in [9.17, 15) is 4.79 Å².